The second-order valence-corrected chi connectivity index (χ2v) is 4.16. The first-order valence-corrected chi connectivity index (χ1v) is 5.81. The van der Waals surface area contributed by atoms with Crippen LogP contribution in [0.3, 0.4) is 0 Å². The molecule has 2 aromatic heterocycles. The summed E-state index contributed by atoms with van der Waals surface area (Å²) in [7, 11) is 0. The third-order valence-corrected chi connectivity index (χ3v) is 2.89. The molecular formula is C13H9N5O2. The van der Waals surface area contributed by atoms with Crippen LogP contribution in [0.25, 0.3) is 16.6 Å². The van der Waals surface area contributed by atoms with Crippen molar-refractivity contribution in [3.05, 3.63) is 42.4 Å². The summed E-state index contributed by atoms with van der Waals surface area (Å²) in [5.74, 6) is -1.00. The summed E-state index contributed by atoms with van der Waals surface area (Å²) in [6.45, 7) is -0.278. The Labute approximate surface area is 113 Å². The maximum atomic E-state index is 10.8. The van der Waals surface area contributed by atoms with E-state index >= 15 is 0 Å². The average molecular weight is 267 g/mol. The third kappa shape index (κ3) is 1.89. The van der Waals surface area contributed by atoms with Crippen LogP contribution in [-0.2, 0) is 11.3 Å². The van der Waals surface area contributed by atoms with Crippen LogP contribution in [0.15, 0.2) is 36.7 Å². The molecule has 7 heteroatoms. The molecule has 0 fully saturated rings. The SMILES string of the molecule is N#Cc1nn(CC(=O)O)c2ccc(-n3cccn3)cc12. The van der Waals surface area contributed by atoms with Gasteiger partial charge in [-0.2, -0.15) is 15.5 Å². The van der Waals surface area contributed by atoms with Crippen molar-refractivity contribution in [1.82, 2.24) is 19.6 Å². The van der Waals surface area contributed by atoms with Crippen molar-refractivity contribution in [2.24, 2.45) is 0 Å². The van der Waals surface area contributed by atoms with E-state index in [-0.39, 0.29) is 12.2 Å². The van der Waals surface area contributed by atoms with Gasteiger partial charge in [0, 0.05) is 17.8 Å². The molecule has 0 radical (unpaired) electrons. The zero-order chi connectivity index (χ0) is 14.1. The molecule has 0 aliphatic heterocycles. The van der Waals surface area contributed by atoms with E-state index in [1.54, 1.807) is 41.3 Å². The first kappa shape index (κ1) is 11.9. The Morgan fingerprint density at radius 2 is 2.30 bits per heavy atom. The van der Waals surface area contributed by atoms with Gasteiger partial charge in [-0.15, -0.1) is 0 Å². The Kier molecular flexibility index (Phi) is 2.69. The molecule has 0 saturated heterocycles. The minimum atomic E-state index is -1.00. The molecule has 0 saturated carbocycles. The van der Waals surface area contributed by atoms with Crippen LogP contribution in [0.4, 0.5) is 0 Å². The standard InChI is InChI=1S/C13H9N5O2/c14-7-11-10-6-9(17-5-1-4-15-17)2-3-12(10)18(16-11)8-13(19)20/h1-6H,8H2,(H,19,20). The van der Waals surface area contributed by atoms with Crippen LogP contribution in [0.5, 0.6) is 0 Å². The van der Waals surface area contributed by atoms with Gasteiger partial charge >= 0.3 is 5.97 Å². The molecule has 0 unspecified atom stereocenters. The highest BCUT2D eigenvalue weighted by atomic mass is 16.4. The number of hydrogen-bond donors (Lipinski definition) is 1. The topological polar surface area (TPSA) is 96.7 Å². The number of aliphatic carboxylic acids is 1. The summed E-state index contributed by atoms with van der Waals surface area (Å²) >= 11 is 0. The Morgan fingerprint density at radius 1 is 1.45 bits per heavy atom. The maximum Gasteiger partial charge on any atom is 0.325 e. The molecule has 0 atom stereocenters. The number of carboxylic acid groups (broad SMARTS) is 1. The Balaban J connectivity index is 2.19. The van der Waals surface area contributed by atoms with E-state index in [2.05, 4.69) is 10.2 Å². The highest BCUT2D eigenvalue weighted by Crippen LogP contribution is 2.21. The molecule has 98 valence electrons. The van der Waals surface area contributed by atoms with Crippen molar-refractivity contribution in [1.29, 1.82) is 5.26 Å². The van der Waals surface area contributed by atoms with Crippen molar-refractivity contribution < 1.29 is 9.90 Å². The monoisotopic (exact) mass is 267 g/mol. The fourth-order valence-corrected chi connectivity index (χ4v) is 2.06. The van der Waals surface area contributed by atoms with Crippen LogP contribution >= 0.6 is 0 Å². The Morgan fingerprint density at radius 3 is 2.95 bits per heavy atom. The lowest BCUT2D eigenvalue weighted by Crippen LogP contribution is -2.10. The molecule has 2 heterocycles. The van der Waals surface area contributed by atoms with Gasteiger partial charge in [-0.25, -0.2) is 4.68 Å². The molecule has 1 aromatic carbocycles. The van der Waals surface area contributed by atoms with E-state index in [0.717, 1.165) is 5.69 Å². The highest BCUT2D eigenvalue weighted by Gasteiger charge is 2.13. The zero-order valence-electron chi connectivity index (χ0n) is 10.3. The molecular weight excluding hydrogens is 258 g/mol. The second kappa shape index (κ2) is 4.51. The van der Waals surface area contributed by atoms with E-state index in [1.807, 2.05) is 6.07 Å². The van der Waals surface area contributed by atoms with Crippen molar-refractivity contribution in [2.75, 3.05) is 0 Å². The molecule has 0 amide bonds. The molecule has 0 aliphatic rings. The van der Waals surface area contributed by atoms with Gasteiger partial charge in [0.15, 0.2) is 5.69 Å². The number of fused-ring (bicyclic) bond motifs is 1. The summed E-state index contributed by atoms with van der Waals surface area (Å²) in [6, 6.07) is 9.09. The number of rotatable bonds is 3. The van der Waals surface area contributed by atoms with Gasteiger partial charge in [-0.1, -0.05) is 0 Å². The lowest BCUT2D eigenvalue weighted by atomic mass is 10.2. The largest absolute Gasteiger partial charge is 0.480 e. The maximum absolute atomic E-state index is 10.8. The van der Waals surface area contributed by atoms with Gasteiger partial charge in [0.1, 0.15) is 12.6 Å². The van der Waals surface area contributed by atoms with Gasteiger partial charge in [-0.3, -0.25) is 9.48 Å². The van der Waals surface area contributed by atoms with Crippen molar-refractivity contribution in [3.8, 4) is 11.8 Å². The molecule has 3 rings (SSSR count). The van der Waals surface area contributed by atoms with Crippen LogP contribution in [-0.4, -0.2) is 30.6 Å². The van der Waals surface area contributed by atoms with Crippen molar-refractivity contribution in [3.63, 3.8) is 0 Å². The van der Waals surface area contributed by atoms with Crippen LogP contribution in [0, 0.1) is 11.3 Å². The van der Waals surface area contributed by atoms with Gasteiger partial charge in [0.05, 0.1) is 11.2 Å². The lowest BCUT2D eigenvalue weighted by molar-refractivity contribution is -0.137. The van der Waals surface area contributed by atoms with E-state index in [9.17, 15) is 4.79 Å². The van der Waals surface area contributed by atoms with E-state index in [4.69, 9.17) is 10.4 Å². The normalized spacial score (nSPS) is 10.6. The van der Waals surface area contributed by atoms with Gasteiger partial charge in [-0.05, 0) is 24.3 Å². The van der Waals surface area contributed by atoms with Gasteiger partial charge < -0.3 is 5.11 Å². The number of carbonyl (C=O) groups is 1. The third-order valence-electron chi connectivity index (χ3n) is 2.89. The Hall–Kier alpha value is -3.14. The van der Waals surface area contributed by atoms with E-state index < -0.39 is 5.97 Å². The fraction of sp³-hybridized carbons (Fsp3) is 0.0769. The first-order valence-electron chi connectivity index (χ1n) is 5.81. The van der Waals surface area contributed by atoms with E-state index in [1.165, 1.54) is 4.68 Å². The second-order valence-electron chi connectivity index (χ2n) is 4.16. The first-order chi connectivity index (χ1) is 9.69. The molecule has 0 bridgehead atoms. The smallest absolute Gasteiger partial charge is 0.325 e. The summed E-state index contributed by atoms with van der Waals surface area (Å²) in [6.07, 6.45) is 3.44. The van der Waals surface area contributed by atoms with Crippen LogP contribution in [0.2, 0.25) is 0 Å². The summed E-state index contributed by atoms with van der Waals surface area (Å²) in [5, 5.41) is 26.7. The number of benzene rings is 1. The number of nitrogens with zero attached hydrogens (tertiary/aromatic N) is 5. The lowest BCUT2D eigenvalue weighted by Gasteiger charge is -2.02. The minimum Gasteiger partial charge on any atom is -0.480 e. The van der Waals surface area contributed by atoms with E-state index in [0.29, 0.717) is 10.9 Å². The molecule has 7 nitrogen and oxygen atoms in total. The average Bonchev–Trinajstić information content (AvgIpc) is 3.06. The van der Waals surface area contributed by atoms with Crippen LogP contribution in [0.1, 0.15) is 5.69 Å². The molecule has 3 aromatic rings. The summed E-state index contributed by atoms with van der Waals surface area (Å²) in [5.41, 5.74) is 1.60. The predicted molar refractivity (Wildman–Crippen MR) is 69.2 cm³/mol. The zero-order valence-corrected chi connectivity index (χ0v) is 10.3. The number of nitriles is 1. The Bertz CT molecular complexity index is 826. The minimum absolute atomic E-state index is 0.204. The number of carboxylic acids is 1. The highest BCUT2D eigenvalue weighted by molar-refractivity contribution is 5.87. The molecule has 0 spiro atoms. The summed E-state index contributed by atoms with van der Waals surface area (Å²) in [4.78, 5) is 10.8. The molecule has 0 aliphatic carbocycles. The fourth-order valence-electron chi connectivity index (χ4n) is 2.06. The number of hydrogen-bond acceptors (Lipinski definition) is 4. The van der Waals surface area contributed by atoms with Gasteiger partial charge in [0.2, 0.25) is 0 Å². The number of aromatic nitrogens is 4. The van der Waals surface area contributed by atoms with Crippen molar-refractivity contribution in [2.45, 2.75) is 6.54 Å². The molecule has 1 N–H and O–H groups in total. The van der Waals surface area contributed by atoms with Gasteiger partial charge in [0.25, 0.3) is 0 Å². The summed E-state index contributed by atoms with van der Waals surface area (Å²) < 4.78 is 2.97. The van der Waals surface area contributed by atoms with Crippen LogP contribution < -0.4 is 0 Å². The molecule has 20 heavy (non-hydrogen) atoms. The quantitative estimate of drug-likeness (QED) is 0.768. The van der Waals surface area contributed by atoms with Crippen molar-refractivity contribution >= 4 is 16.9 Å². The predicted octanol–water partition coefficient (Wildman–Crippen LogP) is 1.18.